The van der Waals surface area contributed by atoms with Crippen LogP contribution in [0.5, 0.6) is 5.75 Å². The summed E-state index contributed by atoms with van der Waals surface area (Å²) in [6.07, 6.45) is 2.67. The van der Waals surface area contributed by atoms with Gasteiger partial charge in [0.05, 0.1) is 7.11 Å². The number of ketones is 1. The molecule has 0 heterocycles. The fourth-order valence-electron chi connectivity index (χ4n) is 1.77. The molecule has 2 rings (SSSR count). The lowest BCUT2D eigenvalue weighted by Gasteiger charge is -2.04. The second-order valence-electron chi connectivity index (χ2n) is 4.53. The molecular weight excluding hydrogens is 316 g/mol. The quantitative estimate of drug-likeness (QED) is 0.485. The summed E-state index contributed by atoms with van der Waals surface area (Å²) in [7, 11) is 1.53. The van der Waals surface area contributed by atoms with Crippen LogP contribution in [0.2, 0.25) is 5.02 Å². The second-order valence-corrected chi connectivity index (χ2v) is 4.97. The Bertz CT molecular complexity index is 727. The van der Waals surface area contributed by atoms with Crippen molar-refractivity contribution in [2.75, 3.05) is 7.11 Å². The van der Waals surface area contributed by atoms with E-state index in [9.17, 15) is 9.59 Å². The average Bonchev–Trinajstić information content (AvgIpc) is 2.59. The number of hydrazine groups is 1. The summed E-state index contributed by atoms with van der Waals surface area (Å²) >= 11 is 5.75. The Balaban J connectivity index is 1.87. The zero-order valence-corrected chi connectivity index (χ0v) is 13.1. The molecule has 0 aliphatic carbocycles. The summed E-state index contributed by atoms with van der Waals surface area (Å²) in [5.74, 6) is 0.0607. The van der Waals surface area contributed by atoms with Crippen molar-refractivity contribution in [1.82, 2.24) is 10.9 Å². The summed E-state index contributed by atoms with van der Waals surface area (Å²) in [5.41, 5.74) is 5.96. The van der Waals surface area contributed by atoms with Gasteiger partial charge in [-0.2, -0.15) is 0 Å². The molecule has 0 fully saturated rings. The highest BCUT2D eigenvalue weighted by Gasteiger charge is 2.04. The van der Waals surface area contributed by atoms with Gasteiger partial charge >= 0.3 is 0 Å². The van der Waals surface area contributed by atoms with Gasteiger partial charge in [-0.25, -0.2) is 0 Å². The fourth-order valence-corrected chi connectivity index (χ4v) is 1.90. The highest BCUT2D eigenvalue weighted by molar-refractivity contribution is 6.30. The van der Waals surface area contributed by atoms with Crippen LogP contribution < -0.4 is 15.6 Å². The van der Waals surface area contributed by atoms with Gasteiger partial charge in [0, 0.05) is 28.4 Å². The third kappa shape index (κ3) is 4.86. The number of amides is 1. The molecular formula is C17H15ClN2O3. The molecule has 0 bridgehead atoms. The zero-order chi connectivity index (χ0) is 16.7. The van der Waals surface area contributed by atoms with Crippen LogP contribution in [-0.2, 0) is 0 Å². The number of ether oxygens (including phenoxy) is 1. The molecule has 0 aliphatic heterocycles. The number of halogens is 1. The predicted octanol–water partition coefficient (Wildman–Crippen LogP) is 2.98. The summed E-state index contributed by atoms with van der Waals surface area (Å²) in [4.78, 5) is 23.8. The third-order valence-electron chi connectivity index (χ3n) is 2.96. The molecule has 0 unspecified atom stereocenters. The number of allylic oxidation sites excluding steroid dienone is 1. The molecule has 0 aliphatic rings. The molecule has 0 atom stereocenters. The number of carbonyl (C=O) groups is 2. The van der Waals surface area contributed by atoms with Gasteiger partial charge in [-0.3, -0.25) is 15.0 Å². The predicted molar refractivity (Wildman–Crippen MR) is 88.5 cm³/mol. The SMILES string of the molecule is COc1cccc(C(=O)C=CNNC(=O)c2ccc(Cl)cc2)c1. The van der Waals surface area contributed by atoms with Crippen molar-refractivity contribution in [2.24, 2.45) is 0 Å². The van der Waals surface area contributed by atoms with Gasteiger partial charge in [0.15, 0.2) is 5.78 Å². The molecule has 118 valence electrons. The van der Waals surface area contributed by atoms with Crippen molar-refractivity contribution in [1.29, 1.82) is 0 Å². The number of carbonyl (C=O) groups excluding carboxylic acids is 2. The molecule has 0 radical (unpaired) electrons. The van der Waals surface area contributed by atoms with E-state index >= 15 is 0 Å². The molecule has 2 aromatic rings. The van der Waals surface area contributed by atoms with Crippen molar-refractivity contribution in [3.63, 3.8) is 0 Å². The molecule has 0 aromatic heterocycles. The Morgan fingerprint density at radius 1 is 1.09 bits per heavy atom. The molecule has 5 nitrogen and oxygen atoms in total. The summed E-state index contributed by atoms with van der Waals surface area (Å²) in [6.45, 7) is 0. The second kappa shape index (κ2) is 8.00. The van der Waals surface area contributed by atoms with Crippen LogP contribution in [-0.4, -0.2) is 18.8 Å². The lowest BCUT2D eigenvalue weighted by atomic mass is 10.1. The van der Waals surface area contributed by atoms with E-state index < -0.39 is 0 Å². The minimum atomic E-state index is -0.333. The summed E-state index contributed by atoms with van der Waals surface area (Å²) < 4.78 is 5.06. The molecule has 6 heteroatoms. The third-order valence-corrected chi connectivity index (χ3v) is 3.22. The molecule has 23 heavy (non-hydrogen) atoms. The van der Waals surface area contributed by atoms with E-state index in [0.717, 1.165) is 0 Å². The first-order valence-corrected chi connectivity index (χ1v) is 7.14. The van der Waals surface area contributed by atoms with Crippen LogP contribution in [0.25, 0.3) is 0 Å². The summed E-state index contributed by atoms with van der Waals surface area (Å²) in [6, 6.07) is 13.3. The number of benzene rings is 2. The maximum Gasteiger partial charge on any atom is 0.269 e. The van der Waals surface area contributed by atoms with Gasteiger partial charge < -0.3 is 10.2 Å². The van der Waals surface area contributed by atoms with E-state index in [-0.39, 0.29) is 11.7 Å². The lowest BCUT2D eigenvalue weighted by Crippen LogP contribution is -2.33. The maximum atomic E-state index is 12.0. The van der Waals surface area contributed by atoms with Crippen molar-refractivity contribution < 1.29 is 14.3 Å². The van der Waals surface area contributed by atoms with Crippen molar-refractivity contribution in [3.8, 4) is 5.75 Å². The van der Waals surface area contributed by atoms with E-state index in [1.165, 1.54) is 19.4 Å². The molecule has 2 aromatic carbocycles. The number of hydrogen-bond acceptors (Lipinski definition) is 4. The number of rotatable bonds is 6. The highest BCUT2D eigenvalue weighted by Crippen LogP contribution is 2.13. The Hall–Kier alpha value is -2.79. The Kier molecular flexibility index (Phi) is 5.77. The lowest BCUT2D eigenvalue weighted by molar-refractivity contribution is 0.0939. The molecule has 2 N–H and O–H groups in total. The average molecular weight is 331 g/mol. The first kappa shape index (κ1) is 16.6. The van der Waals surface area contributed by atoms with E-state index in [0.29, 0.717) is 21.9 Å². The van der Waals surface area contributed by atoms with Crippen LogP contribution >= 0.6 is 11.6 Å². The zero-order valence-electron chi connectivity index (χ0n) is 12.4. The van der Waals surface area contributed by atoms with Crippen LogP contribution in [0.1, 0.15) is 20.7 Å². The Morgan fingerprint density at radius 3 is 2.52 bits per heavy atom. The smallest absolute Gasteiger partial charge is 0.269 e. The van der Waals surface area contributed by atoms with Gasteiger partial charge in [0.1, 0.15) is 5.75 Å². The monoisotopic (exact) mass is 330 g/mol. The minimum absolute atomic E-state index is 0.211. The van der Waals surface area contributed by atoms with Crippen LogP contribution in [0.15, 0.2) is 60.8 Å². The van der Waals surface area contributed by atoms with Crippen LogP contribution in [0, 0.1) is 0 Å². The minimum Gasteiger partial charge on any atom is -0.497 e. The fraction of sp³-hybridized carbons (Fsp3) is 0.0588. The summed E-state index contributed by atoms with van der Waals surface area (Å²) in [5, 5.41) is 0.554. The van der Waals surface area contributed by atoms with Gasteiger partial charge in [-0.15, -0.1) is 0 Å². The first-order valence-electron chi connectivity index (χ1n) is 6.76. The highest BCUT2D eigenvalue weighted by atomic mass is 35.5. The molecule has 0 spiro atoms. The van der Waals surface area contributed by atoms with E-state index in [1.54, 1.807) is 48.5 Å². The van der Waals surface area contributed by atoms with E-state index in [4.69, 9.17) is 16.3 Å². The number of nitrogens with one attached hydrogen (secondary N) is 2. The van der Waals surface area contributed by atoms with Crippen LogP contribution in [0.3, 0.4) is 0 Å². The molecule has 0 saturated carbocycles. The van der Waals surface area contributed by atoms with Gasteiger partial charge in [-0.1, -0.05) is 23.7 Å². The number of methoxy groups -OCH3 is 1. The van der Waals surface area contributed by atoms with Gasteiger partial charge in [-0.05, 0) is 36.4 Å². The Labute approximate surface area is 138 Å². The topological polar surface area (TPSA) is 67.4 Å². The van der Waals surface area contributed by atoms with E-state index in [1.807, 2.05) is 0 Å². The van der Waals surface area contributed by atoms with Crippen molar-refractivity contribution in [2.45, 2.75) is 0 Å². The van der Waals surface area contributed by atoms with Crippen molar-refractivity contribution in [3.05, 3.63) is 77.0 Å². The maximum absolute atomic E-state index is 12.0. The molecule has 1 amide bonds. The first-order chi connectivity index (χ1) is 11.1. The number of hydrogen-bond donors (Lipinski definition) is 2. The van der Waals surface area contributed by atoms with E-state index in [2.05, 4.69) is 10.9 Å². The largest absolute Gasteiger partial charge is 0.497 e. The molecule has 0 saturated heterocycles. The van der Waals surface area contributed by atoms with Gasteiger partial charge in [0.2, 0.25) is 0 Å². The van der Waals surface area contributed by atoms with Crippen molar-refractivity contribution >= 4 is 23.3 Å². The normalized spacial score (nSPS) is 10.3. The van der Waals surface area contributed by atoms with Gasteiger partial charge in [0.25, 0.3) is 5.91 Å². The van der Waals surface area contributed by atoms with Crippen LogP contribution in [0.4, 0.5) is 0 Å². The standard InChI is InChI=1S/C17H15ClN2O3/c1-23-15-4-2-3-13(11-15)16(21)9-10-19-20-17(22)12-5-7-14(18)8-6-12/h2-11,19H,1H3,(H,20,22). The Morgan fingerprint density at radius 2 is 1.83 bits per heavy atom.